The van der Waals surface area contributed by atoms with Gasteiger partial charge in [-0.05, 0) is 50.3 Å². The van der Waals surface area contributed by atoms with Crippen molar-refractivity contribution in [2.24, 2.45) is 16.9 Å². The molecule has 1 fully saturated rings. The van der Waals surface area contributed by atoms with Crippen molar-refractivity contribution < 1.29 is 14.0 Å². The van der Waals surface area contributed by atoms with E-state index in [0.717, 1.165) is 27.3 Å². The standard InChI is InChI=1S/C23H15BrN2O3/c24-17-10-9-12(29-17)11-25-26-22(27)20-18-13-5-1-2-6-14(13)19(21(20)23(26)28)16-8-4-3-7-15(16)18/h1-11,18-21H/b25-11-/t18?,19?,20-,21+. The average molecular weight is 447 g/mol. The first-order valence-electron chi connectivity index (χ1n) is 9.50. The minimum absolute atomic E-state index is 0.119. The number of carbonyl (C=O) groups is 2. The van der Waals surface area contributed by atoms with Gasteiger partial charge in [0.25, 0.3) is 11.8 Å². The molecule has 4 aliphatic rings. The zero-order valence-electron chi connectivity index (χ0n) is 15.2. The summed E-state index contributed by atoms with van der Waals surface area (Å²) in [6, 6.07) is 19.8. The highest BCUT2D eigenvalue weighted by Crippen LogP contribution is 2.60. The summed E-state index contributed by atoms with van der Waals surface area (Å²) in [5.74, 6) is -1.07. The topological polar surface area (TPSA) is 62.9 Å². The van der Waals surface area contributed by atoms with Crippen LogP contribution in [0.15, 0.2) is 74.9 Å². The van der Waals surface area contributed by atoms with E-state index in [0.29, 0.717) is 10.4 Å². The molecule has 0 unspecified atom stereocenters. The highest BCUT2D eigenvalue weighted by molar-refractivity contribution is 9.10. The van der Waals surface area contributed by atoms with E-state index in [2.05, 4.69) is 45.3 Å². The molecular formula is C23H15BrN2O3. The van der Waals surface area contributed by atoms with Crippen molar-refractivity contribution in [3.8, 4) is 0 Å². The molecule has 2 amide bonds. The van der Waals surface area contributed by atoms with Crippen LogP contribution in [-0.4, -0.2) is 23.0 Å². The fraction of sp³-hybridized carbons (Fsp3) is 0.174. The highest BCUT2D eigenvalue weighted by Gasteiger charge is 2.61. The smallest absolute Gasteiger partial charge is 0.254 e. The van der Waals surface area contributed by atoms with Crippen LogP contribution in [0.4, 0.5) is 0 Å². The Bertz CT molecular complexity index is 1100. The zero-order chi connectivity index (χ0) is 19.7. The van der Waals surface area contributed by atoms with Gasteiger partial charge in [0.15, 0.2) is 4.67 Å². The molecule has 2 aromatic carbocycles. The predicted octanol–water partition coefficient (Wildman–Crippen LogP) is 4.27. The van der Waals surface area contributed by atoms with Gasteiger partial charge in [-0.3, -0.25) is 9.59 Å². The minimum atomic E-state index is -0.419. The number of rotatable bonds is 2. The van der Waals surface area contributed by atoms with E-state index in [4.69, 9.17) is 4.42 Å². The Balaban J connectivity index is 1.47. The van der Waals surface area contributed by atoms with Crippen LogP contribution in [-0.2, 0) is 9.59 Å². The summed E-state index contributed by atoms with van der Waals surface area (Å²) in [5, 5.41) is 5.26. The molecule has 0 spiro atoms. The number of hydrazone groups is 1. The summed E-state index contributed by atoms with van der Waals surface area (Å²) in [4.78, 5) is 26.7. The molecule has 2 atom stereocenters. The fourth-order valence-electron chi connectivity index (χ4n) is 5.29. The molecule has 142 valence electrons. The van der Waals surface area contributed by atoms with Crippen molar-refractivity contribution in [3.63, 3.8) is 0 Å². The van der Waals surface area contributed by atoms with E-state index in [1.165, 1.54) is 6.21 Å². The van der Waals surface area contributed by atoms with Gasteiger partial charge < -0.3 is 4.42 Å². The van der Waals surface area contributed by atoms with Crippen molar-refractivity contribution in [2.45, 2.75) is 11.8 Å². The first-order chi connectivity index (χ1) is 14.1. The van der Waals surface area contributed by atoms with Crippen molar-refractivity contribution in [1.82, 2.24) is 5.01 Å². The summed E-state index contributed by atoms with van der Waals surface area (Å²) >= 11 is 3.24. The number of nitrogens with zero attached hydrogens (tertiary/aromatic N) is 2. The highest BCUT2D eigenvalue weighted by atomic mass is 79.9. The van der Waals surface area contributed by atoms with Gasteiger partial charge in [0.1, 0.15) is 5.76 Å². The molecule has 1 aliphatic heterocycles. The molecule has 0 saturated carbocycles. The molecule has 2 heterocycles. The lowest BCUT2D eigenvalue weighted by molar-refractivity contribution is -0.139. The Morgan fingerprint density at radius 3 is 1.69 bits per heavy atom. The number of halogens is 1. The van der Waals surface area contributed by atoms with Crippen LogP contribution in [0.3, 0.4) is 0 Å². The Labute approximate surface area is 175 Å². The van der Waals surface area contributed by atoms with E-state index in [1.807, 2.05) is 24.3 Å². The molecule has 1 saturated heterocycles. The van der Waals surface area contributed by atoms with Crippen LogP contribution in [0.1, 0.15) is 39.8 Å². The summed E-state index contributed by atoms with van der Waals surface area (Å²) in [6.07, 6.45) is 1.42. The zero-order valence-corrected chi connectivity index (χ0v) is 16.7. The third-order valence-electron chi connectivity index (χ3n) is 6.32. The van der Waals surface area contributed by atoms with Gasteiger partial charge in [0.05, 0.1) is 18.1 Å². The number of hydrogen-bond acceptors (Lipinski definition) is 4. The van der Waals surface area contributed by atoms with Crippen molar-refractivity contribution >= 4 is 34.0 Å². The maximum atomic E-state index is 13.3. The Kier molecular flexibility index (Phi) is 3.50. The van der Waals surface area contributed by atoms with Crippen LogP contribution >= 0.6 is 15.9 Å². The quantitative estimate of drug-likeness (QED) is 0.436. The lowest BCUT2D eigenvalue weighted by atomic mass is 9.55. The lowest BCUT2D eigenvalue weighted by Crippen LogP contribution is -2.41. The SMILES string of the molecule is O=C1[C@@H]2C3c4ccccc4C(c4ccccc43)[C@@H]2C(=O)N1/N=C\c1ccc(Br)o1. The van der Waals surface area contributed by atoms with Crippen LogP contribution in [0.2, 0.25) is 0 Å². The predicted molar refractivity (Wildman–Crippen MR) is 109 cm³/mol. The number of amides is 2. The molecule has 0 radical (unpaired) electrons. The van der Waals surface area contributed by atoms with Crippen LogP contribution < -0.4 is 0 Å². The molecule has 1 aromatic heterocycles. The van der Waals surface area contributed by atoms with Gasteiger partial charge in [0.2, 0.25) is 0 Å². The van der Waals surface area contributed by atoms with Crippen LogP contribution in [0.25, 0.3) is 0 Å². The molecule has 6 heteroatoms. The summed E-state index contributed by atoms with van der Waals surface area (Å²) in [6.45, 7) is 0. The monoisotopic (exact) mass is 446 g/mol. The van der Waals surface area contributed by atoms with E-state index >= 15 is 0 Å². The van der Waals surface area contributed by atoms with Crippen molar-refractivity contribution in [3.05, 3.63) is 93.3 Å². The summed E-state index contributed by atoms with van der Waals surface area (Å²) in [5.41, 5.74) is 4.61. The molecule has 7 rings (SSSR count). The van der Waals surface area contributed by atoms with Gasteiger partial charge in [0, 0.05) is 11.8 Å². The van der Waals surface area contributed by atoms with E-state index < -0.39 is 11.8 Å². The molecule has 3 aliphatic carbocycles. The van der Waals surface area contributed by atoms with Crippen LogP contribution in [0.5, 0.6) is 0 Å². The number of imide groups is 1. The Hall–Kier alpha value is -2.99. The van der Waals surface area contributed by atoms with Gasteiger partial charge in [-0.25, -0.2) is 0 Å². The first kappa shape index (κ1) is 16.9. The summed E-state index contributed by atoms with van der Waals surface area (Å²) in [7, 11) is 0. The second-order valence-corrected chi connectivity index (χ2v) is 8.42. The normalized spacial score (nSPS) is 26.7. The second-order valence-electron chi connectivity index (χ2n) is 7.64. The Morgan fingerprint density at radius 1 is 0.793 bits per heavy atom. The fourth-order valence-corrected chi connectivity index (χ4v) is 5.61. The number of hydrogen-bond donors (Lipinski definition) is 0. The molecule has 2 bridgehead atoms. The number of benzene rings is 2. The van der Waals surface area contributed by atoms with Gasteiger partial charge >= 0.3 is 0 Å². The van der Waals surface area contributed by atoms with E-state index in [1.54, 1.807) is 12.1 Å². The number of furan rings is 1. The molecule has 29 heavy (non-hydrogen) atoms. The lowest BCUT2D eigenvalue weighted by Gasteiger charge is -2.45. The molecule has 0 N–H and O–H groups in total. The van der Waals surface area contributed by atoms with E-state index in [-0.39, 0.29) is 23.7 Å². The largest absolute Gasteiger partial charge is 0.448 e. The molecule has 5 nitrogen and oxygen atoms in total. The molecular weight excluding hydrogens is 432 g/mol. The number of carbonyl (C=O) groups excluding carboxylic acids is 2. The van der Waals surface area contributed by atoms with Gasteiger partial charge in [-0.1, -0.05) is 48.5 Å². The van der Waals surface area contributed by atoms with E-state index in [9.17, 15) is 9.59 Å². The first-order valence-corrected chi connectivity index (χ1v) is 10.3. The van der Waals surface area contributed by atoms with Gasteiger partial charge in [-0.2, -0.15) is 10.1 Å². The van der Waals surface area contributed by atoms with Gasteiger partial charge in [-0.15, -0.1) is 0 Å². The van der Waals surface area contributed by atoms with Crippen molar-refractivity contribution in [2.75, 3.05) is 0 Å². The second kappa shape index (κ2) is 6.00. The maximum Gasteiger partial charge on any atom is 0.254 e. The minimum Gasteiger partial charge on any atom is -0.448 e. The molecule has 3 aromatic rings. The average Bonchev–Trinajstić information content (AvgIpc) is 3.28. The van der Waals surface area contributed by atoms with Crippen LogP contribution in [0, 0.1) is 11.8 Å². The third kappa shape index (κ3) is 2.23. The third-order valence-corrected chi connectivity index (χ3v) is 6.75. The Morgan fingerprint density at radius 2 is 1.28 bits per heavy atom. The van der Waals surface area contributed by atoms with Crippen molar-refractivity contribution in [1.29, 1.82) is 0 Å². The summed E-state index contributed by atoms with van der Waals surface area (Å²) < 4.78 is 5.97. The maximum absolute atomic E-state index is 13.3.